The lowest BCUT2D eigenvalue weighted by Crippen LogP contribution is -2.20. The van der Waals surface area contributed by atoms with Crippen LogP contribution in [0.3, 0.4) is 0 Å². The van der Waals surface area contributed by atoms with Gasteiger partial charge in [-0.05, 0) is 48.4 Å². The van der Waals surface area contributed by atoms with Crippen LogP contribution in [0.1, 0.15) is 18.9 Å². The summed E-state index contributed by atoms with van der Waals surface area (Å²) in [6, 6.07) is 13.8. The predicted molar refractivity (Wildman–Crippen MR) is 104 cm³/mol. The number of aryl methyl sites for hydroxylation is 1. The Hall–Kier alpha value is -3.28. The molecule has 0 aliphatic rings. The van der Waals surface area contributed by atoms with Gasteiger partial charge in [-0.3, -0.25) is 4.79 Å². The molecule has 0 fully saturated rings. The fourth-order valence-electron chi connectivity index (χ4n) is 2.80. The lowest BCUT2D eigenvalue weighted by atomic mass is 10.1. The first-order valence-corrected chi connectivity index (χ1v) is 8.72. The molecule has 1 N–H and O–H groups in total. The van der Waals surface area contributed by atoms with Gasteiger partial charge in [0, 0.05) is 23.2 Å². The fourth-order valence-corrected chi connectivity index (χ4v) is 2.80. The van der Waals surface area contributed by atoms with E-state index in [4.69, 9.17) is 13.9 Å². The number of carbonyl (C=O) groups excluding carboxylic acids is 1. The maximum Gasteiger partial charge on any atom is 0.336 e. The molecule has 2 aromatic carbocycles. The highest BCUT2D eigenvalue weighted by Gasteiger charge is 2.08. The molecule has 0 aliphatic carbocycles. The highest BCUT2D eigenvalue weighted by atomic mass is 16.5. The Morgan fingerprint density at radius 1 is 1.07 bits per heavy atom. The monoisotopic (exact) mass is 367 g/mol. The maximum atomic E-state index is 12.1. The molecule has 6 nitrogen and oxygen atoms in total. The minimum Gasteiger partial charge on any atom is -0.497 e. The summed E-state index contributed by atoms with van der Waals surface area (Å²) in [5.74, 6) is 0.884. The number of anilines is 1. The van der Waals surface area contributed by atoms with Crippen molar-refractivity contribution in [3.63, 3.8) is 0 Å². The minimum absolute atomic E-state index is 0.156. The smallest absolute Gasteiger partial charge is 0.336 e. The van der Waals surface area contributed by atoms with Crippen LogP contribution in [0.2, 0.25) is 0 Å². The molecule has 27 heavy (non-hydrogen) atoms. The first-order valence-electron chi connectivity index (χ1n) is 8.72. The number of amides is 1. The van der Waals surface area contributed by atoms with Crippen LogP contribution in [0.5, 0.6) is 11.5 Å². The summed E-state index contributed by atoms with van der Waals surface area (Å²) in [4.78, 5) is 23.8. The van der Waals surface area contributed by atoms with Gasteiger partial charge in [0.25, 0.3) is 5.91 Å². The molecular weight excluding hydrogens is 346 g/mol. The molecular formula is C21H21NO5. The zero-order valence-electron chi connectivity index (χ0n) is 15.3. The summed E-state index contributed by atoms with van der Waals surface area (Å²) in [5, 5.41) is 3.62. The standard InChI is InChI=1S/C21H21NO5/c1-3-4-14-11-21(24)27-19-12-17(9-10-18(14)19)26-13-20(23)22-15-5-7-16(25-2)8-6-15/h5-12H,3-4,13H2,1-2H3,(H,22,23). The number of ether oxygens (including phenoxy) is 2. The highest BCUT2D eigenvalue weighted by molar-refractivity contribution is 5.92. The second kappa shape index (κ2) is 8.40. The molecule has 1 heterocycles. The topological polar surface area (TPSA) is 77.8 Å². The Kier molecular flexibility index (Phi) is 5.76. The molecule has 0 bridgehead atoms. The molecule has 0 spiro atoms. The van der Waals surface area contributed by atoms with Crippen LogP contribution in [0.25, 0.3) is 11.0 Å². The molecule has 6 heteroatoms. The van der Waals surface area contributed by atoms with E-state index >= 15 is 0 Å². The van der Waals surface area contributed by atoms with Crippen molar-refractivity contribution >= 4 is 22.6 Å². The van der Waals surface area contributed by atoms with Gasteiger partial charge in [0.1, 0.15) is 17.1 Å². The average Bonchev–Trinajstić information content (AvgIpc) is 2.67. The van der Waals surface area contributed by atoms with Gasteiger partial charge in [0.2, 0.25) is 0 Å². The van der Waals surface area contributed by atoms with Gasteiger partial charge in [-0.1, -0.05) is 13.3 Å². The summed E-state index contributed by atoms with van der Waals surface area (Å²) in [6.45, 7) is 1.90. The minimum atomic E-state index is -0.389. The van der Waals surface area contributed by atoms with E-state index in [1.165, 1.54) is 6.07 Å². The van der Waals surface area contributed by atoms with Crippen molar-refractivity contribution in [3.05, 3.63) is 64.5 Å². The van der Waals surface area contributed by atoms with Crippen molar-refractivity contribution in [3.8, 4) is 11.5 Å². The van der Waals surface area contributed by atoms with Gasteiger partial charge in [-0.15, -0.1) is 0 Å². The van der Waals surface area contributed by atoms with Gasteiger partial charge in [0.15, 0.2) is 6.61 Å². The Bertz CT molecular complexity index is 992. The molecule has 0 aliphatic heterocycles. The van der Waals surface area contributed by atoms with Gasteiger partial charge in [-0.25, -0.2) is 4.79 Å². The maximum absolute atomic E-state index is 12.1. The van der Waals surface area contributed by atoms with Crippen LogP contribution in [-0.4, -0.2) is 19.6 Å². The molecule has 0 radical (unpaired) electrons. The summed E-state index contributed by atoms with van der Waals surface area (Å²) in [6.07, 6.45) is 1.73. The van der Waals surface area contributed by atoms with E-state index in [0.29, 0.717) is 22.8 Å². The van der Waals surface area contributed by atoms with Crippen LogP contribution in [0.15, 0.2) is 57.7 Å². The third-order valence-electron chi connectivity index (χ3n) is 4.06. The summed E-state index contributed by atoms with van der Waals surface area (Å²) in [7, 11) is 1.58. The van der Waals surface area contributed by atoms with Gasteiger partial charge in [0.05, 0.1) is 7.11 Å². The predicted octanol–water partition coefficient (Wildman–Crippen LogP) is 3.77. The molecule has 3 aromatic rings. The molecule has 0 unspecified atom stereocenters. The fraction of sp³-hybridized carbons (Fsp3) is 0.238. The quantitative estimate of drug-likeness (QED) is 0.643. The largest absolute Gasteiger partial charge is 0.497 e. The Labute approximate surface area is 156 Å². The van der Waals surface area contributed by atoms with E-state index in [1.54, 1.807) is 43.5 Å². The zero-order valence-corrected chi connectivity index (χ0v) is 15.3. The summed E-state index contributed by atoms with van der Waals surface area (Å²) in [5.41, 5.74) is 1.67. The second-order valence-corrected chi connectivity index (χ2v) is 6.06. The molecule has 0 saturated heterocycles. The number of hydrogen-bond acceptors (Lipinski definition) is 5. The number of benzene rings is 2. The van der Waals surface area contributed by atoms with Crippen molar-refractivity contribution < 1.29 is 18.7 Å². The number of methoxy groups -OCH3 is 1. The Balaban J connectivity index is 1.67. The van der Waals surface area contributed by atoms with Crippen LogP contribution in [0.4, 0.5) is 5.69 Å². The molecule has 1 aromatic heterocycles. The van der Waals surface area contributed by atoms with Crippen molar-refractivity contribution in [2.24, 2.45) is 0 Å². The average molecular weight is 367 g/mol. The summed E-state index contributed by atoms with van der Waals surface area (Å²) >= 11 is 0. The first kappa shape index (κ1) is 18.5. The van der Waals surface area contributed by atoms with E-state index in [2.05, 4.69) is 12.2 Å². The van der Waals surface area contributed by atoms with E-state index in [0.717, 1.165) is 23.8 Å². The molecule has 140 valence electrons. The second-order valence-electron chi connectivity index (χ2n) is 6.06. The third-order valence-corrected chi connectivity index (χ3v) is 4.06. The number of rotatable bonds is 7. The van der Waals surface area contributed by atoms with Gasteiger partial charge >= 0.3 is 5.63 Å². The lowest BCUT2D eigenvalue weighted by molar-refractivity contribution is -0.118. The lowest BCUT2D eigenvalue weighted by Gasteiger charge is -2.09. The molecule has 1 amide bonds. The third kappa shape index (κ3) is 4.67. The highest BCUT2D eigenvalue weighted by Crippen LogP contribution is 2.23. The van der Waals surface area contributed by atoms with E-state index < -0.39 is 0 Å². The molecule has 0 saturated carbocycles. The number of fused-ring (bicyclic) bond motifs is 1. The first-order chi connectivity index (χ1) is 13.1. The normalized spacial score (nSPS) is 10.6. The summed E-state index contributed by atoms with van der Waals surface area (Å²) < 4.78 is 15.9. The number of hydrogen-bond donors (Lipinski definition) is 1. The SMILES string of the molecule is CCCc1cc(=O)oc2cc(OCC(=O)Nc3ccc(OC)cc3)ccc12. The molecule has 0 atom stereocenters. The van der Waals surface area contributed by atoms with E-state index in [-0.39, 0.29) is 18.1 Å². The number of nitrogens with one attached hydrogen (secondary N) is 1. The van der Waals surface area contributed by atoms with Crippen LogP contribution < -0.4 is 20.4 Å². The zero-order chi connectivity index (χ0) is 19.2. The Morgan fingerprint density at radius 2 is 1.81 bits per heavy atom. The van der Waals surface area contributed by atoms with Crippen LogP contribution in [-0.2, 0) is 11.2 Å². The van der Waals surface area contributed by atoms with Crippen molar-refractivity contribution in [1.82, 2.24) is 0 Å². The molecule has 3 rings (SSSR count). The van der Waals surface area contributed by atoms with Crippen molar-refractivity contribution in [1.29, 1.82) is 0 Å². The number of carbonyl (C=O) groups is 1. The van der Waals surface area contributed by atoms with Crippen LogP contribution >= 0.6 is 0 Å². The van der Waals surface area contributed by atoms with Crippen molar-refractivity contribution in [2.45, 2.75) is 19.8 Å². The van der Waals surface area contributed by atoms with E-state index in [1.807, 2.05) is 6.07 Å². The van der Waals surface area contributed by atoms with Crippen LogP contribution in [0, 0.1) is 0 Å². The van der Waals surface area contributed by atoms with E-state index in [9.17, 15) is 9.59 Å². The Morgan fingerprint density at radius 3 is 2.52 bits per heavy atom. The van der Waals surface area contributed by atoms with Gasteiger partial charge in [-0.2, -0.15) is 0 Å². The van der Waals surface area contributed by atoms with Crippen molar-refractivity contribution in [2.75, 3.05) is 19.0 Å². The van der Waals surface area contributed by atoms with Gasteiger partial charge < -0.3 is 19.2 Å².